The van der Waals surface area contributed by atoms with Crippen LogP contribution in [0.3, 0.4) is 0 Å². The molecule has 1 aromatic carbocycles. The minimum Gasteiger partial charge on any atom is -0.383 e. The van der Waals surface area contributed by atoms with Crippen LogP contribution in [0, 0.1) is 0 Å². The van der Waals surface area contributed by atoms with Gasteiger partial charge in [0.2, 0.25) is 10.0 Å². The van der Waals surface area contributed by atoms with Gasteiger partial charge in [0.1, 0.15) is 0 Å². The van der Waals surface area contributed by atoms with Crippen molar-refractivity contribution in [2.45, 2.75) is 18.9 Å². The molecule has 1 aliphatic heterocycles. The van der Waals surface area contributed by atoms with Crippen molar-refractivity contribution >= 4 is 21.4 Å². The molecule has 5 nitrogen and oxygen atoms in total. The summed E-state index contributed by atoms with van der Waals surface area (Å²) in [5.41, 5.74) is 1.51. The molecule has 0 bridgehead atoms. The van der Waals surface area contributed by atoms with Crippen LogP contribution in [0.2, 0.25) is 0 Å². The van der Waals surface area contributed by atoms with Gasteiger partial charge in [-0.2, -0.15) is 0 Å². The summed E-state index contributed by atoms with van der Waals surface area (Å²) in [7, 11) is -3.21. The molecule has 0 spiro atoms. The van der Waals surface area contributed by atoms with Gasteiger partial charge in [-0.1, -0.05) is 6.07 Å². The quantitative estimate of drug-likeness (QED) is 0.752. The lowest BCUT2D eigenvalue weighted by atomic mass is 10.2. The van der Waals surface area contributed by atoms with E-state index in [9.17, 15) is 8.42 Å². The van der Waals surface area contributed by atoms with Crippen LogP contribution < -0.4 is 15.4 Å². The average molecular weight is 269 g/mol. The molecule has 1 aliphatic rings. The average Bonchev–Trinajstić information content (AvgIpc) is 2.77. The number of hydrogen-bond donors (Lipinski definition) is 3. The Labute approximate surface area is 108 Å². The third kappa shape index (κ3) is 4.19. The molecule has 1 saturated heterocycles. The Morgan fingerprint density at radius 1 is 1.39 bits per heavy atom. The van der Waals surface area contributed by atoms with E-state index < -0.39 is 10.0 Å². The van der Waals surface area contributed by atoms with Crippen molar-refractivity contribution in [2.24, 2.45) is 0 Å². The summed E-state index contributed by atoms with van der Waals surface area (Å²) in [5, 5.41) is 6.72. The van der Waals surface area contributed by atoms with Crippen LogP contribution >= 0.6 is 0 Å². The van der Waals surface area contributed by atoms with Gasteiger partial charge in [0.15, 0.2) is 0 Å². The van der Waals surface area contributed by atoms with Crippen LogP contribution in [-0.2, 0) is 10.0 Å². The molecule has 1 aromatic rings. The molecule has 0 radical (unpaired) electrons. The number of sulfonamides is 1. The van der Waals surface area contributed by atoms with Gasteiger partial charge >= 0.3 is 0 Å². The van der Waals surface area contributed by atoms with Gasteiger partial charge in [0.25, 0.3) is 0 Å². The largest absolute Gasteiger partial charge is 0.383 e. The Morgan fingerprint density at radius 3 is 2.83 bits per heavy atom. The molecule has 18 heavy (non-hydrogen) atoms. The van der Waals surface area contributed by atoms with Crippen molar-refractivity contribution in [1.82, 2.24) is 5.32 Å². The van der Waals surface area contributed by atoms with Crippen LogP contribution in [0.5, 0.6) is 0 Å². The summed E-state index contributed by atoms with van der Waals surface area (Å²) in [6.45, 7) is 1.95. The van der Waals surface area contributed by atoms with Gasteiger partial charge < -0.3 is 10.6 Å². The van der Waals surface area contributed by atoms with E-state index in [-0.39, 0.29) is 0 Å². The van der Waals surface area contributed by atoms with Crippen LogP contribution in [0.15, 0.2) is 24.3 Å². The highest BCUT2D eigenvalue weighted by Gasteiger charge is 2.13. The van der Waals surface area contributed by atoms with Gasteiger partial charge in [-0.15, -0.1) is 0 Å². The second-order valence-corrected chi connectivity index (χ2v) is 6.38. The Morgan fingerprint density at radius 2 is 2.17 bits per heavy atom. The van der Waals surface area contributed by atoms with Crippen molar-refractivity contribution in [3.05, 3.63) is 24.3 Å². The number of hydrogen-bond acceptors (Lipinski definition) is 4. The lowest BCUT2D eigenvalue weighted by Crippen LogP contribution is -2.29. The summed E-state index contributed by atoms with van der Waals surface area (Å²) in [4.78, 5) is 0. The Hall–Kier alpha value is -1.27. The van der Waals surface area contributed by atoms with E-state index in [1.807, 2.05) is 12.1 Å². The molecular formula is C12H19N3O2S. The van der Waals surface area contributed by atoms with Crippen molar-refractivity contribution in [3.63, 3.8) is 0 Å². The lowest BCUT2D eigenvalue weighted by Gasteiger charge is -2.13. The van der Waals surface area contributed by atoms with Crippen LogP contribution in [0.1, 0.15) is 12.8 Å². The van der Waals surface area contributed by atoms with Crippen LogP contribution in [-0.4, -0.2) is 33.8 Å². The van der Waals surface area contributed by atoms with Crippen LogP contribution in [0.4, 0.5) is 11.4 Å². The molecule has 0 aromatic heterocycles. The monoisotopic (exact) mass is 269 g/mol. The van der Waals surface area contributed by atoms with Crippen molar-refractivity contribution in [1.29, 1.82) is 0 Å². The Balaban J connectivity index is 1.94. The Bertz CT molecular complexity index is 496. The summed E-state index contributed by atoms with van der Waals surface area (Å²) in [5.74, 6) is 0. The first-order valence-corrected chi connectivity index (χ1v) is 7.97. The fourth-order valence-electron chi connectivity index (χ4n) is 2.08. The molecule has 1 heterocycles. The molecule has 0 amide bonds. The first kappa shape index (κ1) is 13.2. The lowest BCUT2D eigenvalue weighted by molar-refractivity contribution is 0.607. The third-order valence-electron chi connectivity index (χ3n) is 2.88. The van der Waals surface area contributed by atoms with Crippen molar-refractivity contribution in [3.8, 4) is 0 Å². The summed E-state index contributed by atoms with van der Waals surface area (Å²) >= 11 is 0. The van der Waals surface area contributed by atoms with Gasteiger partial charge in [0.05, 0.1) is 11.9 Å². The maximum atomic E-state index is 11.1. The molecule has 0 saturated carbocycles. The molecule has 0 aliphatic carbocycles. The number of benzene rings is 1. The van der Waals surface area contributed by atoms with E-state index in [1.54, 1.807) is 12.1 Å². The van der Waals surface area contributed by atoms with Gasteiger partial charge in [0, 0.05) is 18.3 Å². The summed E-state index contributed by atoms with van der Waals surface area (Å²) in [6, 6.07) is 7.81. The summed E-state index contributed by atoms with van der Waals surface area (Å²) in [6.07, 6.45) is 3.56. The van der Waals surface area contributed by atoms with E-state index in [0.29, 0.717) is 11.7 Å². The fourth-order valence-corrected chi connectivity index (χ4v) is 2.63. The van der Waals surface area contributed by atoms with Crippen molar-refractivity contribution in [2.75, 3.05) is 29.4 Å². The highest BCUT2D eigenvalue weighted by molar-refractivity contribution is 7.92. The normalized spacial score (nSPS) is 19.7. The molecule has 3 N–H and O–H groups in total. The number of rotatable bonds is 5. The highest BCUT2D eigenvalue weighted by Crippen LogP contribution is 2.16. The standard InChI is InChI=1S/C12H19N3O2S/c1-18(16,17)15-11-5-2-4-10(8-11)14-9-12-6-3-7-13-12/h2,4-5,8,12-15H,3,6-7,9H2,1H3. The molecule has 100 valence electrons. The highest BCUT2D eigenvalue weighted by atomic mass is 32.2. The van der Waals surface area contributed by atoms with Gasteiger partial charge in [-0.3, -0.25) is 4.72 Å². The molecular weight excluding hydrogens is 250 g/mol. The topological polar surface area (TPSA) is 70.2 Å². The van der Waals surface area contributed by atoms with Gasteiger partial charge in [-0.25, -0.2) is 8.42 Å². The van der Waals surface area contributed by atoms with Gasteiger partial charge in [-0.05, 0) is 37.6 Å². The van der Waals surface area contributed by atoms with E-state index in [1.165, 1.54) is 12.8 Å². The molecule has 1 atom stereocenters. The Kier molecular flexibility index (Phi) is 4.08. The van der Waals surface area contributed by atoms with Crippen LogP contribution in [0.25, 0.3) is 0 Å². The molecule has 1 fully saturated rings. The zero-order valence-corrected chi connectivity index (χ0v) is 11.3. The summed E-state index contributed by atoms with van der Waals surface area (Å²) < 4.78 is 24.7. The number of nitrogens with one attached hydrogen (secondary N) is 3. The maximum absolute atomic E-state index is 11.1. The zero-order chi connectivity index (χ0) is 13.0. The van der Waals surface area contributed by atoms with E-state index in [0.717, 1.165) is 25.0 Å². The molecule has 6 heteroatoms. The molecule has 2 rings (SSSR count). The first-order valence-electron chi connectivity index (χ1n) is 6.08. The first-order chi connectivity index (χ1) is 8.53. The molecule has 1 unspecified atom stereocenters. The minimum atomic E-state index is -3.21. The number of anilines is 2. The van der Waals surface area contributed by atoms with E-state index >= 15 is 0 Å². The second kappa shape index (κ2) is 5.58. The van der Waals surface area contributed by atoms with Crippen molar-refractivity contribution < 1.29 is 8.42 Å². The third-order valence-corrected chi connectivity index (χ3v) is 3.49. The minimum absolute atomic E-state index is 0.511. The predicted octanol–water partition coefficient (Wildman–Crippen LogP) is 1.22. The van der Waals surface area contributed by atoms with E-state index in [4.69, 9.17) is 0 Å². The second-order valence-electron chi connectivity index (χ2n) is 4.63. The fraction of sp³-hybridized carbons (Fsp3) is 0.500. The smallest absolute Gasteiger partial charge is 0.229 e. The maximum Gasteiger partial charge on any atom is 0.229 e. The SMILES string of the molecule is CS(=O)(=O)Nc1cccc(NCC2CCCN2)c1. The van der Waals surface area contributed by atoms with E-state index in [2.05, 4.69) is 15.4 Å². The zero-order valence-electron chi connectivity index (χ0n) is 10.4. The predicted molar refractivity (Wildman–Crippen MR) is 74.4 cm³/mol.